The summed E-state index contributed by atoms with van der Waals surface area (Å²) < 4.78 is 0. The predicted molar refractivity (Wildman–Crippen MR) is 65.4 cm³/mol. The second kappa shape index (κ2) is 5.35. The molecule has 1 saturated heterocycles. The molecule has 2 aliphatic rings. The van der Waals surface area contributed by atoms with Crippen molar-refractivity contribution in [1.82, 2.24) is 4.90 Å². The van der Waals surface area contributed by atoms with Crippen molar-refractivity contribution in [3.8, 4) is 0 Å². The Morgan fingerprint density at radius 1 is 1.27 bits per heavy atom. The Kier molecular flexibility index (Phi) is 4.09. The third-order valence-electron chi connectivity index (χ3n) is 3.80. The highest BCUT2D eigenvalue weighted by molar-refractivity contribution is 7.99. The van der Waals surface area contributed by atoms with Crippen LogP contribution in [0.4, 0.5) is 0 Å². The highest BCUT2D eigenvalue weighted by Crippen LogP contribution is 2.30. The van der Waals surface area contributed by atoms with Gasteiger partial charge in [-0.2, -0.15) is 11.8 Å². The highest BCUT2D eigenvalue weighted by Gasteiger charge is 2.28. The molecule has 3 heteroatoms. The van der Waals surface area contributed by atoms with E-state index in [0.29, 0.717) is 5.78 Å². The van der Waals surface area contributed by atoms with Crippen LogP contribution in [0.15, 0.2) is 0 Å². The first kappa shape index (κ1) is 11.5. The number of carbonyl (C=O) groups is 1. The van der Waals surface area contributed by atoms with Gasteiger partial charge in [0.2, 0.25) is 0 Å². The van der Waals surface area contributed by atoms with Gasteiger partial charge in [0.1, 0.15) is 5.78 Å². The molecule has 1 heterocycles. The average Bonchev–Trinajstić information content (AvgIpc) is 2.30. The molecule has 0 aromatic heterocycles. The van der Waals surface area contributed by atoms with E-state index in [2.05, 4.69) is 11.2 Å². The maximum Gasteiger partial charge on any atom is 0.135 e. The summed E-state index contributed by atoms with van der Waals surface area (Å²) in [5, 5.41) is 0.862. The number of Topliss-reactive ketones (excluding diaryl/α,β-unsaturated/α-hetero) is 1. The van der Waals surface area contributed by atoms with Crippen molar-refractivity contribution in [3.63, 3.8) is 0 Å². The second-order valence-electron chi connectivity index (χ2n) is 4.75. The summed E-state index contributed by atoms with van der Waals surface area (Å²) in [6, 6.07) is 0.768. The van der Waals surface area contributed by atoms with Crippen LogP contribution in [0, 0.1) is 0 Å². The molecule has 0 N–H and O–H groups in total. The van der Waals surface area contributed by atoms with Gasteiger partial charge in [0.05, 0.1) is 0 Å². The lowest BCUT2D eigenvalue weighted by Crippen LogP contribution is -2.44. The first-order valence-corrected chi connectivity index (χ1v) is 7.37. The minimum absolute atomic E-state index is 0.462. The highest BCUT2D eigenvalue weighted by atomic mass is 32.2. The number of piperidine rings is 1. The molecule has 2 fully saturated rings. The fourth-order valence-corrected chi connectivity index (χ4v) is 3.62. The zero-order valence-electron chi connectivity index (χ0n) is 9.58. The first-order valence-electron chi connectivity index (χ1n) is 6.08. The van der Waals surface area contributed by atoms with E-state index in [4.69, 9.17) is 0 Å². The summed E-state index contributed by atoms with van der Waals surface area (Å²) >= 11 is 2.02. The monoisotopic (exact) mass is 227 g/mol. The van der Waals surface area contributed by atoms with Crippen LogP contribution in [0.1, 0.15) is 38.5 Å². The van der Waals surface area contributed by atoms with E-state index in [1.165, 1.54) is 25.7 Å². The van der Waals surface area contributed by atoms with Crippen LogP contribution in [-0.2, 0) is 4.79 Å². The smallest absolute Gasteiger partial charge is 0.135 e. The fourth-order valence-electron chi connectivity index (χ4n) is 2.80. The molecule has 86 valence electrons. The Morgan fingerprint density at radius 3 is 2.67 bits per heavy atom. The third-order valence-corrected chi connectivity index (χ3v) is 4.90. The summed E-state index contributed by atoms with van der Waals surface area (Å²) in [5.74, 6) is 0.462. The maximum absolute atomic E-state index is 11.2. The minimum atomic E-state index is 0.462. The number of thioether (sulfide) groups is 1. The molecule has 1 aliphatic heterocycles. The minimum Gasteiger partial charge on any atom is -0.300 e. The van der Waals surface area contributed by atoms with Gasteiger partial charge in [-0.1, -0.05) is 6.42 Å². The number of rotatable bonds is 2. The third kappa shape index (κ3) is 2.97. The van der Waals surface area contributed by atoms with Crippen LogP contribution >= 0.6 is 11.8 Å². The predicted octanol–water partition coefficient (Wildman–Crippen LogP) is 2.33. The lowest BCUT2D eigenvalue weighted by molar-refractivity contribution is -0.122. The first-order chi connectivity index (χ1) is 7.29. The molecule has 0 spiro atoms. The van der Waals surface area contributed by atoms with Gasteiger partial charge in [-0.3, -0.25) is 9.69 Å². The SMILES string of the molecule is CSC1CCCC(N2CCC(=O)CC2)C1. The molecule has 0 amide bonds. The molecule has 1 aliphatic carbocycles. The molecule has 2 atom stereocenters. The van der Waals surface area contributed by atoms with Gasteiger partial charge in [0.25, 0.3) is 0 Å². The summed E-state index contributed by atoms with van der Waals surface area (Å²) in [5.41, 5.74) is 0. The molecular weight excluding hydrogens is 206 g/mol. The zero-order valence-corrected chi connectivity index (χ0v) is 10.4. The van der Waals surface area contributed by atoms with E-state index >= 15 is 0 Å². The summed E-state index contributed by atoms with van der Waals surface area (Å²) in [6.07, 6.45) is 9.28. The molecule has 0 bridgehead atoms. The Labute approximate surface area is 96.8 Å². The van der Waals surface area contributed by atoms with Crippen LogP contribution in [-0.4, -0.2) is 41.3 Å². The van der Waals surface area contributed by atoms with Crippen molar-refractivity contribution in [2.24, 2.45) is 0 Å². The van der Waals surface area contributed by atoms with Gasteiger partial charge in [-0.25, -0.2) is 0 Å². The van der Waals surface area contributed by atoms with Crippen molar-refractivity contribution < 1.29 is 4.79 Å². The van der Waals surface area contributed by atoms with E-state index in [-0.39, 0.29) is 0 Å². The number of nitrogens with zero attached hydrogens (tertiary/aromatic N) is 1. The molecule has 0 aromatic carbocycles. The lowest BCUT2D eigenvalue weighted by Gasteiger charge is -2.38. The quantitative estimate of drug-likeness (QED) is 0.722. The van der Waals surface area contributed by atoms with E-state index < -0.39 is 0 Å². The Balaban J connectivity index is 1.84. The van der Waals surface area contributed by atoms with Crippen LogP contribution in [0.5, 0.6) is 0 Å². The van der Waals surface area contributed by atoms with Crippen molar-refractivity contribution in [3.05, 3.63) is 0 Å². The number of hydrogen-bond acceptors (Lipinski definition) is 3. The van der Waals surface area contributed by atoms with Crippen molar-refractivity contribution >= 4 is 17.5 Å². The van der Waals surface area contributed by atoms with Gasteiger partial charge in [0.15, 0.2) is 0 Å². The molecular formula is C12H21NOS. The van der Waals surface area contributed by atoms with Crippen LogP contribution in [0.25, 0.3) is 0 Å². The zero-order chi connectivity index (χ0) is 10.7. The van der Waals surface area contributed by atoms with Gasteiger partial charge in [-0.15, -0.1) is 0 Å². The van der Waals surface area contributed by atoms with Crippen LogP contribution in [0.3, 0.4) is 0 Å². The molecule has 2 unspecified atom stereocenters. The van der Waals surface area contributed by atoms with Crippen molar-refractivity contribution in [2.45, 2.75) is 49.8 Å². The van der Waals surface area contributed by atoms with E-state index in [1.54, 1.807) is 0 Å². The van der Waals surface area contributed by atoms with Crippen LogP contribution in [0.2, 0.25) is 0 Å². The largest absolute Gasteiger partial charge is 0.300 e. The Bertz CT molecular complexity index is 222. The lowest BCUT2D eigenvalue weighted by atomic mass is 9.92. The average molecular weight is 227 g/mol. The van der Waals surface area contributed by atoms with E-state index in [1.807, 2.05) is 11.8 Å². The fraction of sp³-hybridized carbons (Fsp3) is 0.917. The summed E-state index contributed by atoms with van der Waals surface area (Å²) in [4.78, 5) is 13.7. The summed E-state index contributed by atoms with van der Waals surface area (Å²) in [7, 11) is 0. The number of carbonyl (C=O) groups excluding carboxylic acids is 1. The topological polar surface area (TPSA) is 20.3 Å². The molecule has 0 aromatic rings. The molecule has 1 saturated carbocycles. The maximum atomic E-state index is 11.2. The Hall–Kier alpha value is -0.0200. The second-order valence-corrected chi connectivity index (χ2v) is 5.89. The van der Waals surface area contributed by atoms with Crippen LogP contribution < -0.4 is 0 Å². The number of ketones is 1. The summed E-state index contributed by atoms with van der Waals surface area (Å²) in [6.45, 7) is 2.04. The number of likely N-dealkylation sites (tertiary alicyclic amines) is 1. The molecule has 2 rings (SSSR count). The van der Waals surface area contributed by atoms with Gasteiger partial charge in [-0.05, 0) is 25.5 Å². The van der Waals surface area contributed by atoms with E-state index in [0.717, 1.165) is 37.2 Å². The molecule has 0 radical (unpaired) electrons. The van der Waals surface area contributed by atoms with E-state index in [9.17, 15) is 4.79 Å². The molecule has 15 heavy (non-hydrogen) atoms. The van der Waals surface area contributed by atoms with Gasteiger partial charge >= 0.3 is 0 Å². The van der Waals surface area contributed by atoms with Gasteiger partial charge < -0.3 is 0 Å². The van der Waals surface area contributed by atoms with Gasteiger partial charge in [0, 0.05) is 37.2 Å². The molecule has 2 nitrogen and oxygen atoms in total. The normalized spacial score (nSPS) is 34.3. The standard InChI is InChI=1S/C12H21NOS/c1-15-12-4-2-3-10(9-12)13-7-5-11(14)6-8-13/h10,12H,2-9H2,1H3. The Morgan fingerprint density at radius 2 is 2.00 bits per heavy atom. The van der Waals surface area contributed by atoms with Crippen molar-refractivity contribution in [1.29, 1.82) is 0 Å². The van der Waals surface area contributed by atoms with Crippen molar-refractivity contribution in [2.75, 3.05) is 19.3 Å². The number of hydrogen-bond donors (Lipinski definition) is 0.